The zero-order valence-electron chi connectivity index (χ0n) is 19.3. The Morgan fingerprint density at radius 1 is 1.20 bits per heavy atom. The van der Waals surface area contributed by atoms with Crippen LogP contribution >= 0.6 is 0 Å². The van der Waals surface area contributed by atoms with E-state index in [-0.39, 0.29) is 11.6 Å². The van der Waals surface area contributed by atoms with Crippen LogP contribution in [0.25, 0.3) is 22.0 Å². The number of carbonyl (C=O) groups excluding carboxylic acids is 1. The Kier molecular flexibility index (Phi) is 5.77. The number of hydrogen-bond donors (Lipinski definition) is 4. The van der Waals surface area contributed by atoms with Crippen LogP contribution in [-0.2, 0) is 11.2 Å². The fraction of sp³-hybridized carbons (Fsp3) is 0.200. The van der Waals surface area contributed by atoms with E-state index in [2.05, 4.69) is 30.9 Å². The van der Waals surface area contributed by atoms with Crippen molar-refractivity contribution in [3.05, 3.63) is 59.7 Å². The Labute approximate surface area is 201 Å². The van der Waals surface area contributed by atoms with E-state index in [9.17, 15) is 4.79 Å². The molecule has 178 valence electrons. The molecule has 4 aromatic rings. The fourth-order valence-corrected chi connectivity index (χ4v) is 4.03. The summed E-state index contributed by atoms with van der Waals surface area (Å²) in [5, 5.41) is 9.43. The number of halogens is 1. The van der Waals surface area contributed by atoms with Crippen LogP contribution in [0.2, 0.25) is 0 Å². The van der Waals surface area contributed by atoms with Crippen molar-refractivity contribution in [2.24, 2.45) is 0 Å². The average molecular weight is 474 g/mol. The summed E-state index contributed by atoms with van der Waals surface area (Å²) in [5.41, 5.74) is 10.7. The number of nitrogens with zero attached hydrogens (tertiary/aromatic N) is 3. The van der Waals surface area contributed by atoms with Crippen molar-refractivity contribution in [3.63, 3.8) is 0 Å². The molecule has 0 fully saturated rings. The van der Waals surface area contributed by atoms with Crippen LogP contribution in [0.3, 0.4) is 0 Å². The standard InChI is InChI=1S/C25H24FN7O2/c1-13-17(11-30-24-23(13)29-7-8-35-24)16-10-19-18(22(27)21(16)26)12-31-25(33-19)32-15-5-3-14(4-6-15)9-20(34)28-2/h3-6,10-12,29H,7-9,27H2,1-2H3,(H,28,34)(H,31,32,33). The van der Waals surface area contributed by atoms with Crippen LogP contribution in [0.1, 0.15) is 11.1 Å². The van der Waals surface area contributed by atoms with E-state index in [1.807, 2.05) is 31.2 Å². The summed E-state index contributed by atoms with van der Waals surface area (Å²) in [5.74, 6) is 0.234. The lowest BCUT2D eigenvalue weighted by Gasteiger charge is -2.22. The molecule has 5 N–H and O–H groups in total. The number of nitrogen functional groups attached to an aromatic ring is 1. The largest absolute Gasteiger partial charge is 0.474 e. The molecular formula is C25H24FN7O2. The molecule has 1 aliphatic heterocycles. The van der Waals surface area contributed by atoms with Gasteiger partial charge in [0.15, 0.2) is 5.82 Å². The van der Waals surface area contributed by atoms with Gasteiger partial charge in [-0.1, -0.05) is 12.1 Å². The predicted octanol–water partition coefficient (Wildman–Crippen LogP) is 3.56. The normalized spacial score (nSPS) is 12.4. The molecule has 1 amide bonds. The number of likely N-dealkylation sites (N-methyl/N-ethyl adjacent to an activating group) is 1. The number of amides is 1. The van der Waals surface area contributed by atoms with Crippen LogP contribution in [0.15, 0.2) is 42.7 Å². The maximum absolute atomic E-state index is 15.3. The van der Waals surface area contributed by atoms with Crippen LogP contribution in [0.5, 0.6) is 5.88 Å². The van der Waals surface area contributed by atoms with Gasteiger partial charge in [0.05, 0.1) is 17.6 Å². The van der Waals surface area contributed by atoms with Gasteiger partial charge >= 0.3 is 0 Å². The number of fused-ring (bicyclic) bond motifs is 2. The first-order valence-corrected chi connectivity index (χ1v) is 11.1. The molecule has 3 heterocycles. The molecule has 0 unspecified atom stereocenters. The highest BCUT2D eigenvalue weighted by molar-refractivity contribution is 5.96. The molecule has 0 atom stereocenters. The molecule has 9 nitrogen and oxygen atoms in total. The Bertz CT molecular complexity index is 1440. The second-order valence-electron chi connectivity index (χ2n) is 8.20. The van der Waals surface area contributed by atoms with E-state index in [1.165, 1.54) is 6.20 Å². The predicted molar refractivity (Wildman–Crippen MR) is 133 cm³/mol. The van der Waals surface area contributed by atoms with Crippen molar-refractivity contribution in [1.82, 2.24) is 20.3 Å². The van der Waals surface area contributed by atoms with Crippen molar-refractivity contribution in [3.8, 4) is 17.0 Å². The highest BCUT2D eigenvalue weighted by atomic mass is 19.1. The second-order valence-corrected chi connectivity index (χ2v) is 8.20. The van der Waals surface area contributed by atoms with E-state index < -0.39 is 5.82 Å². The van der Waals surface area contributed by atoms with Gasteiger partial charge in [-0.3, -0.25) is 4.79 Å². The molecule has 10 heteroatoms. The van der Waals surface area contributed by atoms with Crippen LogP contribution in [-0.4, -0.2) is 41.1 Å². The summed E-state index contributed by atoms with van der Waals surface area (Å²) in [6, 6.07) is 9.04. The van der Waals surface area contributed by atoms with Crippen molar-refractivity contribution >= 4 is 39.8 Å². The first-order valence-electron chi connectivity index (χ1n) is 11.1. The van der Waals surface area contributed by atoms with Crippen molar-refractivity contribution < 1.29 is 13.9 Å². The van der Waals surface area contributed by atoms with Gasteiger partial charge in [-0.25, -0.2) is 19.3 Å². The summed E-state index contributed by atoms with van der Waals surface area (Å²) >= 11 is 0. The van der Waals surface area contributed by atoms with Crippen LogP contribution in [0, 0.1) is 12.7 Å². The molecule has 0 aliphatic carbocycles. The number of hydrogen-bond acceptors (Lipinski definition) is 8. The summed E-state index contributed by atoms with van der Waals surface area (Å²) in [4.78, 5) is 24.8. The lowest BCUT2D eigenvalue weighted by Crippen LogP contribution is -2.20. The average Bonchev–Trinajstić information content (AvgIpc) is 2.88. The molecule has 2 aromatic carbocycles. The van der Waals surface area contributed by atoms with Gasteiger partial charge in [-0.2, -0.15) is 0 Å². The minimum Gasteiger partial charge on any atom is -0.474 e. The highest BCUT2D eigenvalue weighted by Crippen LogP contribution is 2.39. The molecule has 5 rings (SSSR count). The first kappa shape index (κ1) is 22.3. The van der Waals surface area contributed by atoms with E-state index in [0.29, 0.717) is 53.4 Å². The number of aromatic nitrogens is 3. The zero-order valence-corrected chi connectivity index (χ0v) is 19.3. The third-order valence-electron chi connectivity index (χ3n) is 5.95. The Hall–Kier alpha value is -4.47. The van der Waals surface area contributed by atoms with E-state index in [1.54, 1.807) is 19.3 Å². The van der Waals surface area contributed by atoms with Gasteiger partial charge in [0.1, 0.15) is 12.3 Å². The van der Waals surface area contributed by atoms with Gasteiger partial charge in [0.25, 0.3) is 0 Å². The van der Waals surface area contributed by atoms with Crippen LogP contribution < -0.4 is 26.4 Å². The maximum Gasteiger partial charge on any atom is 0.237 e. The highest BCUT2D eigenvalue weighted by Gasteiger charge is 2.21. The molecule has 1 aliphatic rings. The number of ether oxygens (including phenoxy) is 1. The number of nitrogens with one attached hydrogen (secondary N) is 3. The molecule has 0 spiro atoms. The van der Waals surface area contributed by atoms with Crippen molar-refractivity contribution in [2.45, 2.75) is 13.3 Å². The molecule has 2 aromatic heterocycles. The molecule has 0 bridgehead atoms. The zero-order chi connectivity index (χ0) is 24.5. The molecule has 35 heavy (non-hydrogen) atoms. The Morgan fingerprint density at radius 2 is 2.00 bits per heavy atom. The van der Waals surface area contributed by atoms with Gasteiger partial charge in [-0.15, -0.1) is 0 Å². The summed E-state index contributed by atoms with van der Waals surface area (Å²) < 4.78 is 20.9. The summed E-state index contributed by atoms with van der Waals surface area (Å²) in [6.07, 6.45) is 3.39. The SMILES string of the molecule is CNC(=O)Cc1ccc(Nc2ncc3c(N)c(F)c(-c4cnc5c(c4C)NCCO5)cc3n2)cc1. The smallest absolute Gasteiger partial charge is 0.237 e. The Morgan fingerprint density at radius 3 is 2.77 bits per heavy atom. The number of pyridine rings is 1. The summed E-state index contributed by atoms with van der Waals surface area (Å²) in [6.45, 7) is 3.06. The molecule has 0 saturated carbocycles. The Balaban J connectivity index is 1.49. The number of nitrogens with two attached hydrogens (primary N) is 1. The molecule has 0 radical (unpaired) electrons. The molecular weight excluding hydrogens is 449 g/mol. The van der Waals surface area contributed by atoms with Gasteiger partial charge in [0, 0.05) is 48.2 Å². The lowest BCUT2D eigenvalue weighted by atomic mass is 9.98. The van der Waals surface area contributed by atoms with E-state index in [0.717, 1.165) is 22.5 Å². The number of anilines is 4. The van der Waals surface area contributed by atoms with Gasteiger partial charge in [0.2, 0.25) is 17.7 Å². The third-order valence-corrected chi connectivity index (χ3v) is 5.95. The topological polar surface area (TPSA) is 127 Å². The van der Waals surface area contributed by atoms with Gasteiger partial charge < -0.3 is 26.4 Å². The monoisotopic (exact) mass is 473 g/mol. The number of rotatable bonds is 5. The van der Waals surface area contributed by atoms with E-state index in [4.69, 9.17) is 10.5 Å². The number of benzene rings is 2. The summed E-state index contributed by atoms with van der Waals surface area (Å²) in [7, 11) is 1.61. The maximum atomic E-state index is 15.3. The molecule has 0 saturated heterocycles. The van der Waals surface area contributed by atoms with E-state index >= 15 is 4.39 Å². The minimum absolute atomic E-state index is 0.0241. The van der Waals surface area contributed by atoms with Crippen molar-refractivity contribution in [2.75, 3.05) is 36.6 Å². The lowest BCUT2D eigenvalue weighted by molar-refractivity contribution is -0.119. The number of carbonyl (C=O) groups is 1. The first-order chi connectivity index (χ1) is 16.9. The quantitative estimate of drug-likeness (QED) is 0.324. The fourth-order valence-electron chi connectivity index (χ4n) is 4.03. The van der Waals surface area contributed by atoms with Crippen LogP contribution in [0.4, 0.5) is 27.4 Å². The second kappa shape index (κ2) is 9.05. The third kappa shape index (κ3) is 4.25. The minimum atomic E-state index is -0.546. The van der Waals surface area contributed by atoms with Crippen molar-refractivity contribution in [1.29, 1.82) is 0 Å². The van der Waals surface area contributed by atoms with Gasteiger partial charge in [-0.05, 0) is 36.2 Å².